The summed E-state index contributed by atoms with van der Waals surface area (Å²) in [7, 11) is 0. The molecule has 0 unspecified atom stereocenters. The average molecular weight is 168 g/mol. The summed E-state index contributed by atoms with van der Waals surface area (Å²) in [5.74, 6) is 1.01. The minimum absolute atomic E-state index is 0.794. The number of rotatable bonds is 1. The van der Waals surface area contributed by atoms with E-state index >= 15 is 0 Å². The van der Waals surface area contributed by atoms with Crippen molar-refractivity contribution in [3.63, 3.8) is 0 Å². The van der Waals surface area contributed by atoms with Gasteiger partial charge in [0, 0.05) is 13.1 Å². The second-order valence-corrected chi connectivity index (χ2v) is 2.70. The van der Waals surface area contributed by atoms with Crippen LogP contribution in [0, 0.1) is 0 Å². The zero-order chi connectivity index (χ0) is 8.23. The van der Waals surface area contributed by atoms with Gasteiger partial charge in [0.15, 0.2) is 0 Å². The van der Waals surface area contributed by atoms with Crippen molar-refractivity contribution in [1.29, 1.82) is 0 Å². The number of allylic oxidation sites excluding steroid dienone is 2. The first-order valence-electron chi connectivity index (χ1n) is 4.08. The minimum atomic E-state index is 0.794. The highest BCUT2D eigenvalue weighted by Gasteiger charge is 2.13. The van der Waals surface area contributed by atoms with Crippen molar-refractivity contribution in [3.8, 4) is 0 Å². The van der Waals surface area contributed by atoms with Crippen molar-refractivity contribution in [3.05, 3.63) is 24.2 Å². The molecular weight excluding hydrogens is 156 g/mol. The zero-order valence-electron chi connectivity index (χ0n) is 6.82. The molecule has 0 aromatic rings. The first-order chi connectivity index (χ1) is 5.97. The summed E-state index contributed by atoms with van der Waals surface area (Å²) >= 11 is 0. The molecule has 0 atom stereocenters. The van der Waals surface area contributed by atoms with Gasteiger partial charge in [-0.05, 0) is 12.2 Å². The van der Waals surface area contributed by atoms with E-state index in [9.17, 15) is 0 Å². The quantitative estimate of drug-likeness (QED) is 0.606. The van der Waals surface area contributed by atoms with Crippen LogP contribution in [0.1, 0.15) is 0 Å². The Labute approximate surface area is 71.4 Å². The Morgan fingerprint density at radius 1 is 1.33 bits per heavy atom. The van der Waals surface area contributed by atoms with Gasteiger partial charge in [-0.15, -0.1) is 0 Å². The Balaban J connectivity index is 1.97. The molecule has 2 rings (SSSR count). The zero-order valence-corrected chi connectivity index (χ0v) is 6.82. The number of nitrogens with one attached hydrogen (secondary N) is 1. The van der Waals surface area contributed by atoms with E-state index in [-0.39, 0.29) is 0 Å². The third-order valence-electron chi connectivity index (χ3n) is 1.92. The molecule has 2 aliphatic heterocycles. The van der Waals surface area contributed by atoms with Gasteiger partial charge in [-0.3, -0.25) is 0 Å². The van der Waals surface area contributed by atoms with Crippen LogP contribution < -0.4 is 5.48 Å². The van der Waals surface area contributed by atoms with Crippen LogP contribution in [0.5, 0.6) is 0 Å². The third-order valence-corrected chi connectivity index (χ3v) is 1.92. The van der Waals surface area contributed by atoms with Crippen LogP contribution in [0.4, 0.5) is 0 Å². The maximum Gasteiger partial charge on any atom is 0.137 e. The highest BCUT2D eigenvalue weighted by Crippen LogP contribution is 2.07. The highest BCUT2D eigenvalue weighted by atomic mass is 16.6. The van der Waals surface area contributed by atoms with Crippen molar-refractivity contribution in [2.75, 3.05) is 26.3 Å². The first-order valence-corrected chi connectivity index (χ1v) is 4.08. The molecule has 1 fully saturated rings. The van der Waals surface area contributed by atoms with Crippen LogP contribution in [-0.4, -0.2) is 31.2 Å². The van der Waals surface area contributed by atoms with Gasteiger partial charge in [-0.25, -0.2) is 5.48 Å². The first kappa shape index (κ1) is 7.49. The molecule has 0 bridgehead atoms. The van der Waals surface area contributed by atoms with Gasteiger partial charge in [0.2, 0.25) is 0 Å². The predicted molar refractivity (Wildman–Crippen MR) is 43.8 cm³/mol. The molecule has 0 saturated carbocycles. The molecule has 0 spiro atoms. The summed E-state index contributed by atoms with van der Waals surface area (Å²) in [6.45, 7) is 3.44. The van der Waals surface area contributed by atoms with Crippen LogP contribution in [0.3, 0.4) is 0 Å². The maximum atomic E-state index is 5.24. The summed E-state index contributed by atoms with van der Waals surface area (Å²) < 4.78 is 5.24. The Kier molecular flexibility index (Phi) is 2.18. The molecule has 4 heteroatoms. The molecule has 0 amide bonds. The van der Waals surface area contributed by atoms with Crippen LogP contribution >= 0.6 is 0 Å². The number of morpholine rings is 1. The number of ether oxygens (including phenoxy) is 1. The Morgan fingerprint density at radius 3 is 2.83 bits per heavy atom. The van der Waals surface area contributed by atoms with Crippen molar-refractivity contribution in [2.45, 2.75) is 0 Å². The van der Waals surface area contributed by atoms with E-state index in [0.29, 0.717) is 0 Å². The maximum absolute atomic E-state index is 5.24. The average Bonchev–Trinajstić information content (AvgIpc) is 2.21. The van der Waals surface area contributed by atoms with Gasteiger partial charge in [0.05, 0.1) is 13.2 Å². The lowest BCUT2D eigenvalue weighted by Gasteiger charge is -2.31. The summed E-state index contributed by atoms with van der Waals surface area (Å²) in [6.07, 6.45) is 5.49. The third kappa shape index (κ3) is 1.53. The number of hydrogen-bond acceptors (Lipinski definition) is 4. The Hall–Kier alpha value is -1.16. The fraction of sp³-hybridized carbons (Fsp3) is 0.500. The van der Waals surface area contributed by atoms with Crippen molar-refractivity contribution < 1.29 is 9.57 Å². The van der Waals surface area contributed by atoms with Gasteiger partial charge in [-0.2, -0.15) is 0 Å². The molecule has 0 aromatic heterocycles. The number of hydrogen-bond donors (Lipinski definition) is 1. The SMILES string of the molecule is C1=CONC(N2CCOCC2)=C1. The fourth-order valence-corrected chi connectivity index (χ4v) is 1.27. The number of hydroxylamine groups is 1. The van der Waals surface area contributed by atoms with E-state index in [1.54, 1.807) is 6.26 Å². The lowest BCUT2D eigenvalue weighted by Crippen LogP contribution is -2.40. The van der Waals surface area contributed by atoms with Gasteiger partial charge in [0.1, 0.15) is 12.1 Å². The summed E-state index contributed by atoms with van der Waals surface area (Å²) in [5, 5.41) is 0. The molecule has 0 radical (unpaired) electrons. The van der Waals surface area contributed by atoms with Crippen LogP contribution in [0.15, 0.2) is 24.2 Å². The Bertz CT molecular complexity index is 207. The van der Waals surface area contributed by atoms with Crippen molar-refractivity contribution in [2.24, 2.45) is 0 Å². The minimum Gasteiger partial charge on any atom is -0.389 e. The van der Waals surface area contributed by atoms with E-state index in [1.165, 1.54) is 0 Å². The summed E-state index contributed by atoms with van der Waals surface area (Å²) in [4.78, 5) is 7.16. The van der Waals surface area contributed by atoms with Crippen LogP contribution in [0.2, 0.25) is 0 Å². The van der Waals surface area contributed by atoms with E-state index in [4.69, 9.17) is 9.57 Å². The Morgan fingerprint density at radius 2 is 2.17 bits per heavy atom. The molecule has 66 valence electrons. The molecule has 0 aromatic carbocycles. The standard InChI is InChI=1S/C8H12N2O2/c1-2-8(9-12-5-1)10-3-6-11-7-4-10/h1-2,5,9H,3-4,6-7H2. The summed E-state index contributed by atoms with van der Waals surface area (Å²) in [5.41, 5.74) is 2.83. The van der Waals surface area contributed by atoms with Gasteiger partial charge in [-0.1, -0.05) is 0 Å². The molecule has 12 heavy (non-hydrogen) atoms. The highest BCUT2D eigenvalue weighted by molar-refractivity contribution is 5.10. The predicted octanol–water partition coefficient (Wildman–Crippen LogP) is 0.208. The molecule has 4 nitrogen and oxygen atoms in total. The van der Waals surface area contributed by atoms with Crippen LogP contribution in [-0.2, 0) is 9.57 Å². The smallest absolute Gasteiger partial charge is 0.137 e. The molecule has 1 saturated heterocycles. The topological polar surface area (TPSA) is 33.7 Å². The normalized spacial score (nSPS) is 22.7. The lowest BCUT2D eigenvalue weighted by atomic mass is 10.4. The largest absolute Gasteiger partial charge is 0.389 e. The van der Waals surface area contributed by atoms with Crippen molar-refractivity contribution >= 4 is 0 Å². The van der Waals surface area contributed by atoms with Gasteiger partial charge in [0.25, 0.3) is 0 Å². The molecule has 0 aliphatic carbocycles. The second-order valence-electron chi connectivity index (χ2n) is 2.70. The summed E-state index contributed by atoms with van der Waals surface area (Å²) in [6, 6.07) is 0. The van der Waals surface area contributed by atoms with E-state index in [1.807, 2.05) is 12.2 Å². The molecule has 2 heterocycles. The monoisotopic (exact) mass is 168 g/mol. The van der Waals surface area contributed by atoms with E-state index in [0.717, 1.165) is 32.1 Å². The fourth-order valence-electron chi connectivity index (χ4n) is 1.27. The second kappa shape index (κ2) is 3.49. The van der Waals surface area contributed by atoms with Crippen LogP contribution in [0.25, 0.3) is 0 Å². The van der Waals surface area contributed by atoms with Gasteiger partial charge < -0.3 is 14.5 Å². The number of nitrogens with zero attached hydrogens (tertiary/aromatic N) is 1. The molecular formula is C8H12N2O2. The van der Waals surface area contributed by atoms with Crippen molar-refractivity contribution in [1.82, 2.24) is 10.4 Å². The lowest BCUT2D eigenvalue weighted by molar-refractivity contribution is 0.0313. The molecule has 2 aliphatic rings. The van der Waals surface area contributed by atoms with Gasteiger partial charge >= 0.3 is 0 Å². The molecule has 1 N–H and O–H groups in total. The van der Waals surface area contributed by atoms with E-state index < -0.39 is 0 Å². The van der Waals surface area contributed by atoms with E-state index in [2.05, 4.69) is 10.4 Å².